The molecule has 1 aromatic heterocycles. The fraction of sp³-hybridized carbons (Fsp3) is 0.409. The van der Waals surface area contributed by atoms with Crippen LogP contribution in [0.1, 0.15) is 30.9 Å². The van der Waals surface area contributed by atoms with Crippen molar-refractivity contribution in [3.8, 4) is 5.88 Å². The molecule has 0 saturated carbocycles. The second kappa shape index (κ2) is 13.0. The summed E-state index contributed by atoms with van der Waals surface area (Å²) in [6.45, 7) is 5.65. The summed E-state index contributed by atoms with van der Waals surface area (Å²) in [7, 11) is 0. The van der Waals surface area contributed by atoms with Gasteiger partial charge >= 0.3 is 0 Å². The molecule has 7 nitrogen and oxygen atoms in total. The largest absolute Gasteiger partial charge is 0.473 e. The minimum absolute atomic E-state index is 0. The van der Waals surface area contributed by atoms with Crippen molar-refractivity contribution in [2.45, 2.75) is 32.9 Å². The summed E-state index contributed by atoms with van der Waals surface area (Å²) in [6.07, 6.45) is 3.91. The number of nitrogens with zero attached hydrogens (tertiary/aromatic N) is 3. The van der Waals surface area contributed by atoms with Crippen LogP contribution in [0.4, 0.5) is 0 Å². The lowest BCUT2D eigenvalue weighted by Crippen LogP contribution is -2.44. The number of benzene rings is 1. The maximum Gasteiger partial charge on any atom is 0.241 e. The SMILES string of the molecule is CCNC(=NCc1ccnc(OCc2ccccc2)c1)NCC(=O)N1CCCC1.I. The number of carbonyl (C=O) groups is 1. The molecule has 0 bridgehead atoms. The van der Waals surface area contributed by atoms with Crippen molar-refractivity contribution in [1.82, 2.24) is 20.5 Å². The molecule has 3 rings (SSSR count). The van der Waals surface area contributed by atoms with Crippen LogP contribution >= 0.6 is 24.0 Å². The highest BCUT2D eigenvalue weighted by molar-refractivity contribution is 14.0. The van der Waals surface area contributed by atoms with Gasteiger partial charge in [-0.25, -0.2) is 9.98 Å². The lowest BCUT2D eigenvalue weighted by molar-refractivity contribution is -0.128. The number of nitrogens with one attached hydrogen (secondary N) is 2. The zero-order chi connectivity index (χ0) is 20.3. The van der Waals surface area contributed by atoms with E-state index in [1.807, 2.05) is 54.3 Å². The van der Waals surface area contributed by atoms with Gasteiger partial charge in [-0.3, -0.25) is 4.79 Å². The minimum atomic E-state index is 0. The molecule has 1 aliphatic rings. The first-order chi connectivity index (χ1) is 14.2. The van der Waals surface area contributed by atoms with Crippen LogP contribution in [0, 0.1) is 0 Å². The van der Waals surface area contributed by atoms with Crippen LogP contribution in [0.25, 0.3) is 0 Å². The van der Waals surface area contributed by atoms with Gasteiger partial charge in [-0.15, -0.1) is 24.0 Å². The highest BCUT2D eigenvalue weighted by Crippen LogP contribution is 2.12. The monoisotopic (exact) mass is 523 g/mol. The Morgan fingerprint density at radius 2 is 1.90 bits per heavy atom. The van der Waals surface area contributed by atoms with E-state index in [1.165, 1.54) is 0 Å². The fourth-order valence-electron chi connectivity index (χ4n) is 3.11. The van der Waals surface area contributed by atoms with Gasteiger partial charge in [0, 0.05) is 31.9 Å². The third kappa shape index (κ3) is 7.81. The van der Waals surface area contributed by atoms with Crippen molar-refractivity contribution in [3.05, 3.63) is 59.8 Å². The predicted octanol–water partition coefficient (Wildman–Crippen LogP) is 2.96. The summed E-state index contributed by atoms with van der Waals surface area (Å²) < 4.78 is 5.78. The molecule has 30 heavy (non-hydrogen) atoms. The summed E-state index contributed by atoms with van der Waals surface area (Å²) in [5, 5.41) is 6.31. The van der Waals surface area contributed by atoms with Gasteiger partial charge < -0.3 is 20.3 Å². The summed E-state index contributed by atoms with van der Waals surface area (Å²) in [6, 6.07) is 13.8. The highest BCUT2D eigenvalue weighted by atomic mass is 127. The fourth-order valence-corrected chi connectivity index (χ4v) is 3.11. The summed E-state index contributed by atoms with van der Waals surface area (Å²) >= 11 is 0. The molecule has 8 heteroatoms. The van der Waals surface area contributed by atoms with Crippen molar-refractivity contribution >= 4 is 35.8 Å². The standard InChI is InChI=1S/C22H29N5O2.HI/c1-2-23-22(26-16-21(28)27-12-6-7-13-27)25-15-19-10-11-24-20(14-19)29-17-18-8-4-3-5-9-18;/h3-5,8-11,14H,2,6-7,12-13,15-17H2,1H3,(H2,23,25,26);1H. The molecule has 0 radical (unpaired) electrons. The molecule has 1 aromatic carbocycles. The van der Waals surface area contributed by atoms with Crippen molar-refractivity contribution in [3.63, 3.8) is 0 Å². The van der Waals surface area contributed by atoms with Crippen LogP contribution in [0.5, 0.6) is 5.88 Å². The molecular formula is C22H30IN5O2. The molecule has 0 atom stereocenters. The Hall–Kier alpha value is -2.36. The number of guanidine groups is 1. The van der Waals surface area contributed by atoms with Gasteiger partial charge in [0.15, 0.2) is 5.96 Å². The first-order valence-electron chi connectivity index (χ1n) is 10.2. The average molecular weight is 523 g/mol. The second-order valence-corrected chi connectivity index (χ2v) is 6.91. The molecule has 2 heterocycles. The van der Waals surface area contributed by atoms with Crippen LogP contribution in [0.3, 0.4) is 0 Å². The number of halogens is 1. The maximum absolute atomic E-state index is 12.2. The number of amides is 1. The molecule has 1 amide bonds. The Bertz CT molecular complexity index is 810. The van der Waals surface area contributed by atoms with E-state index in [4.69, 9.17) is 4.74 Å². The summed E-state index contributed by atoms with van der Waals surface area (Å²) in [5.74, 6) is 1.32. The number of ether oxygens (including phenoxy) is 1. The Labute approximate surface area is 195 Å². The van der Waals surface area contributed by atoms with Crippen molar-refractivity contribution in [1.29, 1.82) is 0 Å². The molecule has 1 fully saturated rings. The molecular weight excluding hydrogens is 493 g/mol. The Balaban J connectivity index is 0.00000320. The molecule has 0 unspecified atom stereocenters. The van der Waals surface area contributed by atoms with Crippen molar-refractivity contribution < 1.29 is 9.53 Å². The van der Waals surface area contributed by atoms with Crippen LogP contribution in [0.2, 0.25) is 0 Å². The minimum Gasteiger partial charge on any atom is -0.473 e. The smallest absolute Gasteiger partial charge is 0.241 e. The third-order valence-electron chi connectivity index (χ3n) is 4.66. The molecule has 1 aliphatic heterocycles. The van der Waals surface area contributed by atoms with Gasteiger partial charge in [-0.2, -0.15) is 0 Å². The van der Waals surface area contributed by atoms with Crippen molar-refractivity contribution in [2.24, 2.45) is 4.99 Å². The highest BCUT2D eigenvalue weighted by Gasteiger charge is 2.17. The predicted molar refractivity (Wildman–Crippen MR) is 129 cm³/mol. The lowest BCUT2D eigenvalue weighted by Gasteiger charge is -2.17. The quantitative estimate of drug-likeness (QED) is 0.316. The summed E-state index contributed by atoms with van der Waals surface area (Å²) in [4.78, 5) is 23.0. The Morgan fingerprint density at radius 1 is 1.13 bits per heavy atom. The number of rotatable bonds is 8. The zero-order valence-corrected chi connectivity index (χ0v) is 19.7. The van der Waals surface area contributed by atoms with Crippen LogP contribution in [0.15, 0.2) is 53.7 Å². The van der Waals surface area contributed by atoms with E-state index in [9.17, 15) is 4.79 Å². The Kier molecular flexibility index (Phi) is 10.4. The molecule has 2 aromatic rings. The van der Waals surface area contributed by atoms with Gasteiger partial charge in [0.2, 0.25) is 11.8 Å². The molecule has 1 saturated heterocycles. The second-order valence-electron chi connectivity index (χ2n) is 6.91. The lowest BCUT2D eigenvalue weighted by atomic mass is 10.2. The van der Waals surface area contributed by atoms with Gasteiger partial charge in [0.25, 0.3) is 0 Å². The average Bonchev–Trinajstić information content (AvgIpc) is 3.30. The number of aromatic nitrogens is 1. The zero-order valence-electron chi connectivity index (χ0n) is 17.3. The van der Waals surface area contributed by atoms with E-state index >= 15 is 0 Å². The first kappa shape index (κ1) is 23.9. The number of aliphatic imine (C=N–C) groups is 1. The normalized spacial score (nSPS) is 13.5. The maximum atomic E-state index is 12.2. The number of hydrogen-bond donors (Lipinski definition) is 2. The van der Waals surface area contributed by atoms with E-state index in [-0.39, 0.29) is 36.4 Å². The van der Waals surface area contributed by atoms with Crippen LogP contribution in [-0.2, 0) is 17.9 Å². The van der Waals surface area contributed by atoms with Gasteiger partial charge in [0.1, 0.15) is 6.61 Å². The third-order valence-corrected chi connectivity index (χ3v) is 4.66. The van der Waals surface area contributed by atoms with E-state index in [1.54, 1.807) is 6.20 Å². The topological polar surface area (TPSA) is 78.9 Å². The molecule has 162 valence electrons. The Morgan fingerprint density at radius 3 is 2.63 bits per heavy atom. The van der Waals surface area contributed by atoms with Crippen LogP contribution < -0.4 is 15.4 Å². The van der Waals surface area contributed by atoms with E-state index < -0.39 is 0 Å². The molecule has 2 N–H and O–H groups in total. The van der Waals surface area contributed by atoms with E-state index in [2.05, 4.69) is 20.6 Å². The van der Waals surface area contributed by atoms with Gasteiger partial charge in [0.05, 0.1) is 13.1 Å². The van der Waals surface area contributed by atoms with E-state index in [0.29, 0.717) is 25.0 Å². The van der Waals surface area contributed by atoms with Crippen LogP contribution in [-0.4, -0.2) is 47.9 Å². The molecule has 0 aliphatic carbocycles. The van der Waals surface area contributed by atoms with E-state index in [0.717, 1.165) is 43.6 Å². The van der Waals surface area contributed by atoms with Gasteiger partial charge in [-0.05, 0) is 37.0 Å². The molecule has 0 spiro atoms. The van der Waals surface area contributed by atoms with Gasteiger partial charge in [-0.1, -0.05) is 30.3 Å². The number of likely N-dealkylation sites (tertiary alicyclic amines) is 1. The van der Waals surface area contributed by atoms with Crippen molar-refractivity contribution in [2.75, 3.05) is 26.2 Å². The summed E-state index contributed by atoms with van der Waals surface area (Å²) in [5.41, 5.74) is 2.09. The number of hydrogen-bond acceptors (Lipinski definition) is 4. The first-order valence-corrected chi connectivity index (χ1v) is 10.2. The number of carbonyl (C=O) groups excluding carboxylic acids is 1. The number of pyridine rings is 1.